The molecule has 1 heterocycles. The minimum atomic E-state index is -0.213. The molecule has 3 rings (SSSR count). The van der Waals surface area contributed by atoms with Gasteiger partial charge < -0.3 is 5.32 Å². The molecule has 1 atom stereocenters. The summed E-state index contributed by atoms with van der Waals surface area (Å²) in [6.45, 7) is 4.26. The predicted octanol–water partition coefficient (Wildman–Crippen LogP) is 5.52. The Labute approximate surface area is 122 Å². The quantitative estimate of drug-likeness (QED) is 0.668. The first-order valence-corrected chi connectivity index (χ1v) is 7.47. The Hall–Kier alpha value is -1.87. The molecule has 0 saturated carbocycles. The zero-order valence-electron chi connectivity index (χ0n) is 11.5. The van der Waals surface area contributed by atoms with Crippen molar-refractivity contribution in [2.45, 2.75) is 19.9 Å². The van der Waals surface area contributed by atoms with Crippen LogP contribution in [0.1, 0.15) is 23.4 Å². The van der Waals surface area contributed by atoms with Crippen molar-refractivity contribution in [1.82, 2.24) is 0 Å². The van der Waals surface area contributed by atoms with Crippen LogP contribution in [0.2, 0.25) is 0 Å². The van der Waals surface area contributed by atoms with Gasteiger partial charge in [-0.05, 0) is 49.1 Å². The average Bonchev–Trinajstić information content (AvgIpc) is 2.77. The Balaban J connectivity index is 1.92. The first kappa shape index (κ1) is 13.1. The summed E-state index contributed by atoms with van der Waals surface area (Å²) >= 11 is 1.80. The molecule has 1 N–H and O–H groups in total. The summed E-state index contributed by atoms with van der Waals surface area (Å²) in [6.07, 6.45) is 0. The summed E-state index contributed by atoms with van der Waals surface area (Å²) in [5.41, 5.74) is 2.12. The molecule has 3 aromatic rings. The van der Waals surface area contributed by atoms with Crippen LogP contribution in [0.4, 0.5) is 10.1 Å². The predicted molar refractivity (Wildman–Crippen MR) is 85.0 cm³/mol. The van der Waals surface area contributed by atoms with Gasteiger partial charge in [-0.2, -0.15) is 0 Å². The SMILES string of the molecule is Cc1c(C(C)Nc2cccc(F)c2)sc2ccccc12. The molecular weight excluding hydrogens is 269 g/mol. The van der Waals surface area contributed by atoms with E-state index in [1.54, 1.807) is 17.4 Å². The third kappa shape index (κ3) is 2.41. The van der Waals surface area contributed by atoms with E-state index in [4.69, 9.17) is 0 Å². The van der Waals surface area contributed by atoms with Crippen LogP contribution in [0.5, 0.6) is 0 Å². The number of aryl methyl sites for hydroxylation is 1. The van der Waals surface area contributed by atoms with Gasteiger partial charge in [0.15, 0.2) is 0 Å². The average molecular weight is 285 g/mol. The molecule has 0 aliphatic heterocycles. The van der Waals surface area contributed by atoms with Gasteiger partial charge in [0.2, 0.25) is 0 Å². The summed E-state index contributed by atoms with van der Waals surface area (Å²) in [6, 6.07) is 15.2. The normalized spacial score (nSPS) is 12.6. The van der Waals surface area contributed by atoms with Crippen LogP contribution >= 0.6 is 11.3 Å². The second kappa shape index (κ2) is 5.25. The van der Waals surface area contributed by atoms with Crippen molar-refractivity contribution in [1.29, 1.82) is 0 Å². The van der Waals surface area contributed by atoms with E-state index in [2.05, 4.69) is 43.4 Å². The molecule has 102 valence electrons. The van der Waals surface area contributed by atoms with Crippen LogP contribution in [-0.4, -0.2) is 0 Å². The Morgan fingerprint density at radius 3 is 2.65 bits per heavy atom. The van der Waals surface area contributed by atoms with Crippen molar-refractivity contribution in [3.8, 4) is 0 Å². The lowest BCUT2D eigenvalue weighted by Gasteiger charge is -2.15. The zero-order chi connectivity index (χ0) is 14.1. The molecule has 1 unspecified atom stereocenters. The lowest BCUT2D eigenvalue weighted by Crippen LogP contribution is -2.06. The van der Waals surface area contributed by atoms with Gasteiger partial charge in [-0.3, -0.25) is 0 Å². The maximum atomic E-state index is 13.2. The molecule has 20 heavy (non-hydrogen) atoms. The summed E-state index contributed by atoms with van der Waals surface area (Å²) < 4.78 is 14.5. The molecule has 0 aliphatic rings. The van der Waals surface area contributed by atoms with E-state index in [-0.39, 0.29) is 11.9 Å². The van der Waals surface area contributed by atoms with E-state index in [1.165, 1.54) is 32.7 Å². The lowest BCUT2D eigenvalue weighted by molar-refractivity contribution is 0.628. The Kier molecular flexibility index (Phi) is 3.45. The number of rotatable bonds is 3. The highest BCUT2D eigenvalue weighted by molar-refractivity contribution is 7.19. The summed E-state index contributed by atoms with van der Waals surface area (Å²) in [5.74, 6) is -0.213. The highest BCUT2D eigenvalue weighted by Crippen LogP contribution is 2.35. The van der Waals surface area contributed by atoms with Crippen molar-refractivity contribution in [3.05, 3.63) is 64.8 Å². The monoisotopic (exact) mass is 285 g/mol. The first-order valence-electron chi connectivity index (χ1n) is 6.65. The van der Waals surface area contributed by atoms with Gasteiger partial charge in [0.1, 0.15) is 5.82 Å². The van der Waals surface area contributed by atoms with E-state index in [0.717, 1.165) is 5.69 Å². The van der Waals surface area contributed by atoms with E-state index >= 15 is 0 Å². The van der Waals surface area contributed by atoms with Gasteiger partial charge in [0.25, 0.3) is 0 Å². The van der Waals surface area contributed by atoms with E-state index < -0.39 is 0 Å². The Bertz CT molecular complexity index is 748. The maximum Gasteiger partial charge on any atom is 0.125 e. The molecule has 0 aliphatic carbocycles. The number of fused-ring (bicyclic) bond motifs is 1. The number of hydrogen-bond acceptors (Lipinski definition) is 2. The van der Waals surface area contributed by atoms with Gasteiger partial charge in [-0.25, -0.2) is 4.39 Å². The second-order valence-electron chi connectivity index (χ2n) is 4.96. The van der Waals surface area contributed by atoms with Crippen LogP contribution in [0.25, 0.3) is 10.1 Å². The molecule has 2 aromatic carbocycles. The molecule has 3 heteroatoms. The zero-order valence-corrected chi connectivity index (χ0v) is 12.3. The molecule has 0 radical (unpaired) electrons. The summed E-state index contributed by atoms with van der Waals surface area (Å²) in [5, 5.41) is 4.68. The molecule has 1 aromatic heterocycles. The highest BCUT2D eigenvalue weighted by atomic mass is 32.1. The molecule has 0 spiro atoms. The van der Waals surface area contributed by atoms with Gasteiger partial charge in [0, 0.05) is 15.3 Å². The van der Waals surface area contributed by atoms with E-state index in [0.29, 0.717) is 0 Å². The van der Waals surface area contributed by atoms with Gasteiger partial charge in [0.05, 0.1) is 6.04 Å². The number of benzene rings is 2. The highest BCUT2D eigenvalue weighted by Gasteiger charge is 2.14. The third-order valence-corrected chi connectivity index (χ3v) is 4.94. The fourth-order valence-electron chi connectivity index (χ4n) is 2.50. The number of anilines is 1. The van der Waals surface area contributed by atoms with E-state index in [9.17, 15) is 4.39 Å². The summed E-state index contributed by atoms with van der Waals surface area (Å²) in [7, 11) is 0. The Morgan fingerprint density at radius 1 is 1.10 bits per heavy atom. The maximum absolute atomic E-state index is 13.2. The number of halogens is 1. The van der Waals surface area contributed by atoms with Crippen molar-refractivity contribution < 1.29 is 4.39 Å². The smallest absolute Gasteiger partial charge is 0.125 e. The minimum Gasteiger partial charge on any atom is -0.378 e. The third-order valence-electron chi connectivity index (χ3n) is 3.48. The largest absolute Gasteiger partial charge is 0.378 e. The standard InChI is InChI=1S/C17H16FNS/c1-11-15-8-3-4-9-16(15)20-17(11)12(2)19-14-7-5-6-13(18)10-14/h3-10,12,19H,1-2H3. The molecule has 0 saturated heterocycles. The van der Waals surface area contributed by atoms with Crippen molar-refractivity contribution in [2.75, 3.05) is 5.32 Å². The van der Waals surface area contributed by atoms with Crippen LogP contribution in [0, 0.1) is 12.7 Å². The number of thiophene rings is 1. The lowest BCUT2D eigenvalue weighted by atomic mass is 10.1. The van der Waals surface area contributed by atoms with Gasteiger partial charge >= 0.3 is 0 Å². The molecule has 1 nitrogen and oxygen atoms in total. The van der Waals surface area contributed by atoms with E-state index in [1.807, 2.05) is 6.07 Å². The molecule has 0 fully saturated rings. The molecular formula is C17H16FNS. The van der Waals surface area contributed by atoms with Crippen molar-refractivity contribution in [3.63, 3.8) is 0 Å². The van der Waals surface area contributed by atoms with Crippen LogP contribution in [0.3, 0.4) is 0 Å². The van der Waals surface area contributed by atoms with Crippen LogP contribution in [-0.2, 0) is 0 Å². The number of nitrogens with one attached hydrogen (secondary N) is 1. The van der Waals surface area contributed by atoms with Crippen LogP contribution < -0.4 is 5.32 Å². The van der Waals surface area contributed by atoms with Crippen molar-refractivity contribution >= 4 is 27.1 Å². The molecule has 0 amide bonds. The Morgan fingerprint density at radius 2 is 1.90 bits per heavy atom. The fraction of sp³-hybridized carbons (Fsp3) is 0.176. The van der Waals surface area contributed by atoms with Gasteiger partial charge in [-0.1, -0.05) is 24.3 Å². The molecule has 0 bridgehead atoms. The van der Waals surface area contributed by atoms with Crippen LogP contribution in [0.15, 0.2) is 48.5 Å². The minimum absolute atomic E-state index is 0.161. The van der Waals surface area contributed by atoms with Gasteiger partial charge in [-0.15, -0.1) is 11.3 Å². The first-order chi connectivity index (χ1) is 9.65. The second-order valence-corrected chi connectivity index (χ2v) is 6.05. The fourth-order valence-corrected chi connectivity index (χ4v) is 3.71. The summed E-state index contributed by atoms with van der Waals surface area (Å²) in [4.78, 5) is 1.30. The van der Waals surface area contributed by atoms with Crippen molar-refractivity contribution in [2.24, 2.45) is 0 Å². The number of hydrogen-bond donors (Lipinski definition) is 1. The topological polar surface area (TPSA) is 12.0 Å².